The van der Waals surface area contributed by atoms with Gasteiger partial charge in [0.15, 0.2) is 0 Å². The van der Waals surface area contributed by atoms with Crippen LogP contribution < -0.4 is 25.5 Å². The Kier molecular flexibility index (Phi) is 127. The van der Waals surface area contributed by atoms with Crippen LogP contribution in [-0.4, -0.2) is 33.0 Å². The van der Waals surface area contributed by atoms with E-state index in [0.29, 0.717) is 0 Å². The molecule has 0 fully saturated rings. The van der Waals surface area contributed by atoms with E-state index in [9.17, 15) is 25.5 Å². The minimum atomic E-state index is 0. The fourth-order valence-electron chi connectivity index (χ4n) is 0. The fraction of sp³-hybridized carbons (Fsp3) is 1.00. The molecule has 0 aliphatic carbocycles. The van der Waals surface area contributed by atoms with Crippen molar-refractivity contribution in [3.8, 4) is 0 Å². The van der Waals surface area contributed by atoms with Gasteiger partial charge in [0.2, 0.25) is 0 Å². The molecular weight excluding hydrogens is 441 g/mol. The summed E-state index contributed by atoms with van der Waals surface area (Å²) in [4.78, 5) is 0. The molecule has 5 nitrogen and oxygen atoms in total. The summed E-state index contributed by atoms with van der Waals surface area (Å²) >= 11 is 0. The first kappa shape index (κ1) is 37.6. The summed E-state index contributed by atoms with van der Waals surface area (Å²) in [6, 6.07) is 0. The summed E-state index contributed by atoms with van der Waals surface area (Å²) in [6.07, 6.45) is 3.82. The Hall–Kier alpha value is 0.540. The van der Waals surface area contributed by atoms with E-state index in [1.54, 1.807) is 0 Å². The first-order chi connectivity index (χ1) is 9.57. The summed E-state index contributed by atoms with van der Waals surface area (Å²) in [5.41, 5.74) is 0. The van der Waals surface area contributed by atoms with Gasteiger partial charge in [0.1, 0.15) is 0 Å². The van der Waals surface area contributed by atoms with E-state index in [0.717, 1.165) is 32.1 Å². The average molecular weight is 476 g/mol. The Morgan fingerprint density at radius 3 is 0.429 bits per heavy atom. The Morgan fingerprint density at radius 1 is 0.381 bits per heavy atom. The van der Waals surface area contributed by atoms with Crippen molar-refractivity contribution in [3.63, 3.8) is 0 Å². The fourth-order valence-corrected chi connectivity index (χ4v) is 0. The molecule has 130 valence electrons. The van der Waals surface area contributed by atoms with Crippen LogP contribution in [0.4, 0.5) is 0 Å². The molecule has 0 saturated carbocycles. The largest absolute Gasteiger partial charge is 5.00 e. The van der Waals surface area contributed by atoms with E-state index >= 15 is 0 Å². The van der Waals surface area contributed by atoms with Crippen LogP contribution >= 0.6 is 0 Å². The van der Waals surface area contributed by atoms with Crippen LogP contribution in [-0.2, 0) is 22.4 Å². The molecule has 0 aromatic carbocycles. The summed E-state index contributed by atoms with van der Waals surface area (Å²) in [7, 11) is 0. The maximum atomic E-state index is 9.30. The Labute approximate surface area is 147 Å². The summed E-state index contributed by atoms with van der Waals surface area (Å²) in [5.74, 6) is 0. The second-order valence-electron chi connectivity index (χ2n) is 3.52. The van der Waals surface area contributed by atoms with E-state index in [2.05, 4.69) is 0 Å². The van der Waals surface area contributed by atoms with E-state index in [1.807, 2.05) is 34.6 Å². The molecule has 0 saturated heterocycles. The molecule has 0 bridgehead atoms. The zero-order valence-electron chi connectivity index (χ0n) is 14.6. The summed E-state index contributed by atoms with van der Waals surface area (Å²) in [6.45, 7) is 9.69. The van der Waals surface area contributed by atoms with Gasteiger partial charge in [0, 0.05) is 0 Å². The van der Waals surface area contributed by atoms with Crippen LogP contribution in [0.1, 0.15) is 66.7 Å². The molecule has 0 rings (SSSR count). The van der Waals surface area contributed by atoms with Crippen LogP contribution in [0.3, 0.4) is 0 Å². The van der Waals surface area contributed by atoms with E-state index in [-0.39, 0.29) is 55.4 Å². The first-order valence-electron chi connectivity index (χ1n) is 7.48. The second-order valence-corrected chi connectivity index (χ2v) is 3.52. The van der Waals surface area contributed by atoms with Crippen LogP contribution in [0.25, 0.3) is 0 Å². The van der Waals surface area contributed by atoms with E-state index in [1.165, 1.54) is 0 Å². The monoisotopic (exact) mass is 476 g/mol. The van der Waals surface area contributed by atoms with Gasteiger partial charge >= 0.3 is 22.4 Å². The minimum Gasteiger partial charge on any atom is -0.854 e. The molecular formula is C15H35O5Ta. The molecule has 0 aliphatic heterocycles. The van der Waals surface area contributed by atoms with E-state index < -0.39 is 0 Å². The molecule has 0 aromatic rings. The van der Waals surface area contributed by atoms with Crippen molar-refractivity contribution in [2.75, 3.05) is 33.0 Å². The van der Waals surface area contributed by atoms with E-state index in [4.69, 9.17) is 0 Å². The van der Waals surface area contributed by atoms with Gasteiger partial charge in [-0.1, -0.05) is 66.7 Å². The molecule has 0 spiro atoms. The van der Waals surface area contributed by atoms with Crippen LogP contribution in [0, 0.1) is 0 Å². The van der Waals surface area contributed by atoms with Crippen molar-refractivity contribution >= 4 is 0 Å². The third kappa shape index (κ3) is 230. The minimum absolute atomic E-state index is 0. The molecule has 0 heterocycles. The smallest absolute Gasteiger partial charge is 0.854 e. The SMILES string of the molecule is CCC[O-].CCC[O-].CCC[O-].CCC[O-].CCC[O-].[Ta+5]. The van der Waals surface area contributed by atoms with Gasteiger partial charge in [-0.2, -0.15) is 0 Å². The molecule has 0 unspecified atom stereocenters. The van der Waals surface area contributed by atoms with Crippen LogP contribution in [0.15, 0.2) is 0 Å². The maximum absolute atomic E-state index is 9.30. The molecule has 0 atom stereocenters. The Bertz CT molecular complexity index is 55.2. The van der Waals surface area contributed by atoms with Gasteiger partial charge in [-0.3, -0.25) is 0 Å². The number of rotatable bonds is 5. The van der Waals surface area contributed by atoms with Gasteiger partial charge < -0.3 is 25.5 Å². The van der Waals surface area contributed by atoms with Crippen molar-refractivity contribution < 1.29 is 47.9 Å². The van der Waals surface area contributed by atoms with Crippen molar-refractivity contribution in [2.45, 2.75) is 66.7 Å². The second kappa shape index (κ2) is 70.6. The van der Waals surface area contributed by atoms with Gasteiger partial charge in [0.05, 0.1) is 0 Å². The van der Waals surface area contributed by atoms with Crippen molar-refractivity contribution in [2.24, 2.45) is 0 Å². The maximum Gasteiger partial charge on any atom is 5.00 e. The zero-order valence-corrected chi connectivity index (χ0v) is 17.8. The zero-order chi connectivity index (χ0) is 17.1. The van der Waals surface area contributed by atoms with Crippen molar-refractivity contribution in [3.05, 3.63) is 0 Å². The molecule has 0 aliphatic rings. The standard InChI is InChI=1S/5C3H7O.Ta/c5*1-2-3-4;/h5*2-3H2,1H3;/q5*-1;+5. The molecule has 0 amide bonds. The Morgan fingerprint density at radius 2 is 0.429 bits per heavy atom. The number of hydrogen-bond acceptors (Lipinski definition) is 5. The normalized spacial score (nSPS) is 7.14. The van der Waals surface area contributed by atoms with Crippen molar-refractivity contribution in [1.29, 1.82) is 0 Å². The molecule has 0 aromatic heterocycles. The van der Waals surface area contributed by atoms with Gasteiger partial charge in [0.25, 0.3) is 0 Å². The van der Waals surface area contributed by atoms with Gasteiger partial charge in [-0.25, -0.2) is 0 Å². The quantitative estimate of drug-likeness (QED) is 0.494. The summed E-state index contributed by atoms with van der Waals surface area (Å²) in [5, 5.41) is 46.5. The third-order valence-electron chi connectivity index (χ3n) is 1.02. The van der Waals surface area contributed by atoms with Gasteiger partial charge in [-0.15, -0.1) is 33.0 Å². The van der Waals surface area contributed by atoms with Crippen molar-refractivity contribution in [1.82, 2.24) is 0 Å². The van der Waals surface area contributed by atoms with Crippen LogP contribution in [0.2, 0.25) is 0 Å². The first-order valence-corrected chi connectivity index (χ1v) is 7.48. The van der Waals surface area contributed by atoms with Crippen LogP contribution in [0.5, 0.6) is 0 Å². The molecule has 21 heavy (non-hydrogen) atoms. The average Bonchev–Trinajstić information content (AvgIpc) is 2.55. The topological polar surface area (TPSA) is 115 Å². The number of hydrogen-bond donors (Lipinski definition) is 0. The predicted octanol–water partition coefficient (Wildman–Crippen LogP) is -1.22. The molecule has 0 N–H and O–H groups in total. The molecule has 6 heteroatoms. The third-order valence-corrected chi connectivity index (χ3v) is 1.02. The van der Waals surface area contributed by atoms with Gasteiger partial charge in [-0.05, 0) is 0 Å². The molecule has 0 radical (unpaired) electrons. The predicted molar refractivity (Wildman–Crippen MR) is 75.8 cm³/mol. The summed E-state index contributed by atoms with van der Waals surface area (Å²) < 4.78 is 0. The Balaban J connectivity index is -0.0000000331.